The van der Waals surface area contributed by atoms with Gasteiger partial charge in [-0.05, 0) is 31.2 Å². The molecule has 0 bridgehead atoms. The molecule has 0 radical (unpaired) electrons. The van der Waals surface area contributed by atoms with Crippen molar-refractivity contribution in [2.45, 2.75) is 13.3 Å². The van der Waals surface area contributed by atoms with Crippen LogP contribution in [-0.2, 0) is 14.3 Å². The molecular weight excluding hydrogens is 334 g/mol. The molecule has 1 aromatic carbocycles. The lowest BCUT2D eigenvalue weighted by Gasteiger charge is -2.26. The number of hydrogen-bond acceptors (Lipinski definition) is 5. The van der Waals surface area contributed by atoms with Crippen LogP contribution in [-0.4, -0.2) is 69.3 Å². The van der Waals surface area contributed by atoms with Gasteiger partial charge in [0.15, 0.2) is 0 Å². The minimum absolute atomic E-state index is 0.0116. The molecule has 142 valence electrons. The number of carbonyl (C=O) groups is 2. The Morgan fingerprint density at radius 2 is 2.00 bits per heavy atom. The monoisotopic (exact) mass is 361 g/mol. The number of hydrogen-bond donors (Lipinski definition) is 1. The first-order valence-corrected chi connectivity index (χ1v) is 9.28. The largest absolute Gasteiger partial charge is 0.494 e. The van der Waals surface area contributed by atoms with E-state index < -0.39 is 0 Å². The zero-order chi connectivity index (χ0) is 18.4. The third kappa shape index (κ3) is 4.74. The average molecular weight is 361 g/mol. The van der Waals surface area contributed by atoms with Crippen LogP contribution in [0.15, 0.2) is 24.3 Å². The summed E-state index contributed by atoms with van der Waals surface area (Å²) in [5.74, 6) is 0.432. The van der Waals surface area contributed by atoms with Crippen molar-refractivity contribution in [3.63, 3.8) is 0 Å². The molecule has 2 aliphatic rings. The van der Waals surface area contributed by atoms with Gasteiger partial charge >= 0.3 is 0 Å². The van der Waals surface area contributed by atoms with Gasteiger partial charge in [0.05, 0.1) is 25.7 Å². The summed E-state index contributed by atoms with van der Waals surface area (Å²) >= 11 is 0. The predicted octanol–water partition coefficient (Wildman–Crippen LogP) is 0.887. The lowest BCUT2D eigenvalue weighted by Crippen LogP contribution is -2.42. The maximum Gasteiger partial charge on any atom is 0.227 e. The first-order chi connectivity index (χ1) is 12.7. The van der Waals surface area contributed by atoms with E-state index in [0.717, 1.165) is 44.3 Å². The van der Waals surface area contributed by atoms with Crippen molar-refractivity contribution >= 4 is 17.5 Å². The Hall–Kier alpha value is -2.12. The van der Waals surface area contributed by atoms with Gasteiger partial charge < -0.3 is 19.7 Å². The molecule has 2 fully saturated rings. The third-order valence-electron chi connectivity index (χ3n) is 4.79. The molecule has 2 heterocycles. The van der Waals surface area contributed by atoms with Gasteiger partial charge in [0.1, 0.15) is 5.75 Å². The molecule has 2 aliphatic heterocycles. The number of nitrogens with one attached hydrogen (secondary N) is 1. The molecule has 26 heavy (non-hydrogen) atoms. The topological polar surface area (TPSA) is 71.1 Å². The van der Waals surface area contributed by atoms with Crippen LogP contribution in [0.3, 0.4) is 0 Å². The van der Waals surface area contributed by atoms with Crippen molar-refractivity contribution in [2.75, 3.05) is 57.4 Å². The van der Waals surface area contributed by atoms with E-state index in [1.165, 1.54) is 0 Å². The summed E-state index contributed by atoms with van der Waals surface area (Å²) in [7, 11) is 0. The van der Waals surface area contributed by atoms with Crippen molar-refractivity contribution in [1.82, 2.24) is 10.2 Å². The third-order valence-corrected chi connectivity index (χ3v) is 4.79. The van der Waals surface area contributed by atoms with E-state index in [1.54, 1.807) is 4.90 Å². The Bertz CT molecular complexity index is 614. The average Bonchev–Trinajstić information content (AvgIpc) is 3.05. The van der Waals surface area contributed by atoms with Gasteiger partial charge in [0.25, 0.3) is 0 Å². The minimum atomic E-state index is -0.293. The smallest absolute Gasteiger partial charge is 0.227 e. The van der Waals surface area contributed by atoms with E-state index in [2.05, 4.69) is 10.2 Å². The van der Waals surface area contributed by atoms with Gasteiger partial charge in [0.2, 0.25) is 11.8 Å². The van der Waals surface area contributed by atoms with Crippen LogP contribution in [0.5, 0.6) is 5.75 Å². The molecule has 3 rings (SSSR count). The van der Waals surface area contributed by atoms with Gasteiger partial charge in [-0.1, -0.05) is 0 Å². The maximum absolute atomic E-state index is 12.4. The summed E-state index contributed by atoms with van der Waals surface area (Å²) in [5.41, 5.74) is 0.807. The number of nitrogens with zero attached hydrogens (tertiary/aromatic N) is 2. The number of ether oxygens (including phenoxy) is 2. The molecular formula is C19H27N3O4. The number of carbonyl (C=O) groups excluding carboxylic acids is 2. The van der Waals surface area contributed by atoms with Gasteiger partial charge in [-0.15, -0.1) is 0 Å². The molecule has 0 saturated carbocycles. The molecule has 1 N–H and O–H groups in total. The van der Waals surface area contributed by atoms with Gasteiger partial charge in [-0.2, -0.15) is 0 Å². The van der Waals surface area contributed by atoms with E-state index in [1.807, 2.05) is 31.2 Å². The second kappa shape index (κ2) is 9.00. The summed E-state index contributed by atoms with van der Waals surface area (Å²) in [6.07, 6.45) is 0.261. The quantitative estimate of drug-likeness (QED) is 0.781. The molecule has 1 atom stereocenters. The summed E-state index contributed by atoms with van der Waals surface area (Å²) < 4.78 is 10.7. The van der Waals surface area contributed by atoms with Crippen LogP contribution < -0.4 is 15.0 Å². The van der Waals surface area contributed by atoms with Crippen molar-refractivity contribution in [3.05, 3.63) is 24.3 Å². The van der Waals surface area contributed by atoms with Crippen molar-refractivity contribution in [1.29, 1.82) is 0 Å². The number of morpholine rings is 1. The summed E-state index contributed by atoms with van der Waals surface area (Å²) in [6.45, 7) is 7.70. The fourth-order valence-corrected chi connectivity index (χ4v) is 3.33. The van der Waals surface area contributed by atoms with E-state index in [9.17, 15) is 9.59 Å². The minimum Gasteiger partial charge on any atom is -0.494 e. The first-order valence-electron chi connectivity index (χ1n) is 9.28. The van der Waals surface area contributed by atoms with Crippen LogP contribution in [0.25, 0.3) is 0 Å². The molecule has 7 nitrogen and oxygen atoms in total. The van der Waals surface area contributed by atoms with Gasteiger partial charge in [-0.25, -0.2) is 0 Å². The molecule has 7 heteroatoms. The molecule has 0 spiro atoms. The number of amides is 2. The predicted molar refractivity (Wildman–Crippen MR) is 98.3 cm³/mol. The van der Waals surface area contributed by atoms with E-state index in [-0.39, 0.29) is 24.2 Å². The maximum atomic E-state index is 12.4. The number of benzene rings is 1. The van der Waals surface area contributed by atoms with Crippen LogP contribution in [0, 0.1) is 5.92 Å². The number of anilines is 1. The van der Waals surface area contributed by atoms with Gasteiger partial charge in [0, 0.05) is 44.8 Å². The Kier molecular flexibility index (Phi) is 6.46. The molecule has 0 unspecified atom stereocenters. The summed E-state index contributed by atoms with van der Waals surface area (Å²) in [5, 5.41) is 2.97. The highest BCUT2D eigenvalue weighted by Gasteiger charge is 2.35. The van der Waals surface area contributed by atoms with Crippen LogP contribution in [0.2, 0.25) is 0 Å². The van der Waals surface area contributed by atoms with E-state index in [4.69, 9.17) is 9.47 Å². The fourth-order valence-electron chi connectivity index (χ4n) is 3.33. The second-order valence-electron chi connectivity index (χ2n) is 6.58. The standard InChI is InChI=1S/C19H27N3O4/c1-2-26-17-5-3-16(4-6-17)22-14-15(13-18(22)23)19(24)20-7-8-21-9-11-25-12-10-21/h3-6,15H,2,7-14H2,1H3,(H,20,24)/t15-/m0/s1. The molecule has 1 aromatic rings. The highest BCUT2D eigenvalue weighted by atomic mass is 16.5. The fraction of sp³-hybridized carbons (Fsp3) is 0.579. The van der Waals surface area contributed by atoms with Crippen LogP contribution in [0.4, 0.5) is 5.69 Å². The van der Waals surface area contributed by atoms with Crippen molar-refractivity contribution in [3.8, 4) is 5.75 Å². The molecule has 0 aliphatic carbocycles. The van der Waals surface area contributed by atoms with Crippen LogP contribution >= 0.6 is 0 Å². The highest BCUT2D eigenvalue weighted by molar-refractivity contribution is 6.00. The molecule has 2 saturated heterocycles. The first kappa shape index (κ1) is 18.7. The normalized spacial score (nSPS) is 21.0. The summed E-state index contributed by atoms with van der Waals surface area (Å²) in [6, 6.07) is 7.42. The zero-order valence-corrected chi connectivity index (χ0v) is 15.3. The van der Waals surface area contributed by atoms with E-state index >= 15 is 0 Å². The lowest BCUT2D eigenvalue weighted by atomic mass is 10.1. The molecule has 0 aromatic heterocycles. The number of rotatable bonds is 7. The second-order valence-corrected chi connectivity index (χ2v) is 6.58. The SMILES string of the molecule is CCOc1ccc(N2C[C@@H](C(=O)NCCN3CCOCC3)CC2=O)cc1. The van der Waals surface area contributed by atoms with E-state index in [0.29, 0.717) is 19.7 Å². The van der Waals surface area contributed by atoms with Crippen molar-refractivity contribution in [2.24, 2.45) is 5.92 Å². The Labute approximate surface area is 154 Å². The van der Waals surface area contributed by atoms with Gasteiger partial charge in [-0.3, -0.25) is 14.5 Å². The highest BCUT2D eigenvalue weighted by Crippen LogP contribution is 2.27. The zero-order valence-electron chi connectivity index (χ0n) is 15.3. The van der Waals surface area contributed by atoms with Crippen molar-refractivity contribution < 1.29 is 19.1 Å². The Balaban J connectivity index is 1.47. The molecule has 2 amide bonds. The Morgan fingerprint density at radius 1 is 1.27 bits per heavy atom. The lowest BCUT2D eigenvalue weighted by molar-refractivity contribution is -0.126. The summed E-state index contributed by atoms with van der Waals surface area (Å²) in [4.78, 5) is 28.7. The Morgan fingerprint density at radius 3 is 2.69 bits per heavy atom. The van der Waals surface area contributed by atoms with Crippen LogP contribution in [0.1, 0.15) is 13.3 Å².